The van der Waals surface area contributed by atoms with Crippen molar-refractivity contribution in [2.75, 3.05) is 11.9 Å². The summed E-state index contributed by atoms with van der Waals surface area (Å²) in [4.78, 5) is 24.0. The molecule has 6 heteroatoms. The van der Waals surface area contributed by atoms with E-state index in [2.05, 4.69) is 10.6 Å². The van der Waals surface area contributed by atoms with Crippen LogP contribution in [0.4, 0.5) is 5.69 Å². The van der Waals surface area contributed by atoms with Gasteiger partial charge in [0.05, 0.1) is 11.6 Å². The summed E-state index contributed by atoms with van der Waals surface area (Å²) in [5.74, 6) is -0.0305. The van der Waals surface area contributed by atoms with Crippen LogP contribution in [0.1, 0.15) is 28.8 Å². The van der Waals surface area contributed by atoms with Crippen molar-refractivity contribution in [2.45, 2.75) is 18.9 Å². The van der Waals surface area contributed by atoms with Crippen molar-refractivity contribution in [3.63, 3.8) is 0 Å². The number of amides is 2. The third kappa shape index (κ3) is 4.82. The molecule has 0 bridgehead atoms. The smallest absolute Gasteiger partial charge is 0.262 e. The van der Waals surface area contributed by atoms with E-state index in [1.807, 2.05) is 6.07 Å². The molecular weight excluding hydrogens is 318 g/mol. The van der Waals surface area contributed by atoms with E-state index in [0.717, 1.165) is 12.8 Å². The van der Waals surface area contributed by atoms with Gasteiger partial charge in [0.2, 0.25) is 0 Å². The standard InChI is InChI=1S/C19H17N3O3/c20-11-13-3-1-6-17(9-13)25-12-18(23)21-16-5-2-4-14(10-16)19(24)22-15-7-8-15/h1-6,9-10,15H,7-8,12H2,(H,21,23)(H,22,24). The normalized spacial score (nSPS) is 12.8. The van der Waals surface area contributed by atoms with Crippen molar-refractivity contribution in [3.8, 4) is 11.8 Å². The molecule has 1 aliphatic carbocycles. The Kier molecular flexibility index (Phi) is 4.95. The molecule has 126 valence electrons. The molecule has 1 fully saturated rings. The summed E-state index contributed by atoms with van der Waals surface area (Å²) in [6.45, 7) is -0.187. The van der Waals surface area contributed by atoms with E-state index in [1.54, 1.807) is 48.5 Å². The lowest BCUT2D eigenvalue weighted by atomic mass is 10.2. The Morgan fingerprint density at radius 3 is 2.72 bits per heavy atom. The second-order valence-electron chi connectivity index (χ2n) is 5.81. The quantitative estimate of drug-likeness (QED) is 0.848. The van der Waals surface area contributed by atoms with Gasteiger partial charge >= 0.3 is 0 Å². The molecule has 0 radical (unpaired) electrons. The first kappa shape index (κ1) is 16.5. The maximum absolute atomic E-state index is 12.0. The molecule has 2 N–H and O–H groups in total. The lowest BCUT2D eigenvalue weighted by Crippen LogP contribution is -2.25. The molecule has 3 rings (SSSR count). The maximum atomic E-state index is 12.0. The van der Waals surface area contributed by atoms with Crippen LogP contribution in [-0.4, -0.2) is 24.5 Å². The number of anilines is 1. The number of carbonyl (C=O) groups is 2. The molecule has 2 aromatic carbocycles. The topological polar surface area (TPSA) is 91.2 Å². The molecule has 2 aromatic rings. The molecular formula is C19H17N3O3. The van der Waals surface area contributed by atoms with Gasteiger partial charge in [-0.2, -0.15) is 5.26 Å². The molecule has 6 nitrogen and oxygen atoms in total. The first-order chi connectivity index (χ1) is 12.1. The third-order valence-electron chi connectivity index (χ3n) is 3.65. The fourth-order valence-corrected chi connectivity index (χ4v) is 2.24. The first-order valence-electron chi connectivity index (χ1n) is 7.98. The van der Waals surface area contributed by atoms with Gasteiger partial charge in [-0.3, -0.25) is 9.59 Å². The Balaban J connectivity index is 1.55. The molecule has 0 unspecified atom stereocenters. The fraction of sp³-hybridized carbons (Fsp3) is 0.211. The van der Waals surface area contributed by atoms with Gasteiger partial charge in [-0.25, -0.2) is 0 Å². The van der Waals surface area contributed by atoms with Gasteiger partial charge in [-0.05, 0) is 49.2 Å². The van der Waals surface area contributed by atoms with Crippen molar-refractivity contribution in [1.29, 1.82) is 5.26 Å². The minimum atomic E-state index is -0.345. The van der Waals surface area contributed by atoms with E-state index in [0.29, 0.717) is 22.6 Å². The second kappa shape index (κ2) is 7.49. The van der Waals surface area contributed by atoms with Gasteiger partial charge in [0.25, 0.3) is 11.8 Å². The van der Waals surface area contributed by atoms with Crippen LogP contribution in [-0.2, 0) is 4.79 Å². The summed E-state index contributed by atoms with van der Waals surface area (Å²) < 4.78 is 5.38. The van der Waals surface area contributed by atoms with Crippen molar-refractivity contribution in [3.05, 3.63) is 59.7 Å². The monoisotopic (exact) mass is 335 g/mol. The van der Waals surface area contributed by atoms with Crippen LogP contribution in [0.25, 0.3) is 0 Å². The molecule has 1 aliphatic rings. The fourth-order valence-electron chi connectivity index (χ4n) is 2.24. The lowest BCUT2D eigenvalue weighted by molar-refractivity contribution is -0.118. The van der Waals surface area contributed by atoms with Gasteiger partial charge in [0, 0.05) is 17.3 Å². The Hall–Kier alpha value is -3.33. The van der Waals surface area contributed by atoms with Gasteiger partial charge < -0.3 is 15.4 Å². The highest BCUT2D eigenvalue weighted by molar-refractivity contribution is 5.97. The number of hydrogen-bond acceptors (Lipinski definition) is 4. The van der Waals surface area contributed by atoms with Crippen LogP contribution in [0.5, 0.6) is 5.75 Å². The SMILES string of the molecule is N#Cc1cccc(OCC(=O)Nc2cccc(C(=O)NC3CC3)c2)c1. The number of carbonyl (C=O) groups excluding carboxylic acids is 2. The van der Waals surface area contributed by atoms with Crippen LogP contribution in [0, 0.1) is 11.3 Å². The summed E-state index contributed by atoms with van der Waals surface area (Å²) in [6, 6.07) is 15.6. The summed E-state index contributed by atoms with van der Waals surface area (Å²) in [6.07, 6.45) is 2.04. The van der Waals surface area contributed by atoms with Crippen molar-refractivity contribution in [1.82, 2.24) is 5.32 Å². The largest absolute Gasteiger partial charge is 0.484 e. The number of nitrogens with zero attached hydrogens (tertiary/aromatic N) is 1. The Morgan fingerprint density at radius 1 is 1.16 bits per heavy atom. The van der Waals surface area contributed by atoms with Crippen LogP contribution >= 0.6 is 0 Å². The average Bonchev–Trinajstić information content (AvgIpc) is 3.44. The number of benzene rings is 2. The van der Waals surface area contributed by atoms with E-state index in [9.17, 15) is 9.59 Å². The molecule has 0 saturated heterocycles. The zero-order chi connectivity index (χ0) is 17.6. The molecule has 0 atom stereocenters. The summed E-state index contributed by atoms with van der Waals surface area (Å²) >= 11 is 0. The molecule has 0 aromatic heterocycles. The van der Waals surface area contributed by atoms with Crippen molar-refractivity contribution >= 4 is 17.5 Å². The Bertz CT molecular complexity index is 838. The van der Waals surface area contributed by atoms with E-state index in [4.69, 9.17) is 10.00 Å². The van der Waals surface area contributed by atoms with Crippen LogP contribution in [0.15, 0.2) is 48.5 Å². The molecule has 2 amide bonds. The molecule has 0 spiro atoms. The van der Waals surface area contributed by atoms with Crippen LogP contribution in [0.3, 0.4) is 0 Å². The molecule has 25 heavy (non-hydrogen) atoms. The average molecular weight is 335 g/mol. The van der Waals surface area contributed by atoms with E-state index in [1.165, 1.54) is 0 Å². The molecule has 1 saturated carbocycles. The summed E-state index contributed by atoms with van der Waals surface area (Å²) in [7, 11) is 0. The van der Waals surface area contributed by atoms with Gasteiger partial charge in [0.1, 0.15) is 5.75 Å². The van der Waals surface area contributed by atoms with Gasteiger partial charge in [-0.1, -0.05) is 12.1 Å². The van der Waals surface area contributed by atoms with Crippen molar-refractivity contribution in [2.24, 2.45) is 0 Å². The summed E-state index contributed by atoms with van der Waals surface area (Å²) in [5.41, 5.74) is 1.50. The molecule has 0 heterocycles. The minimum absolute atomic E-state index is 0.136. The van der Waals surface area contributed by atoms with Gasteiger partial charge in [-0.15, -0.1) is 0 Å². The Labute approximate surface area is 145 Å². The zero-order valence-electron chi connectivity index (χ0n) is 13.5. The van der Waals surface area contributed by atoms with E-state index < -0.39 is 0 Å². The van der Waals surface area contributed by atoms with Gasteiger partial charge in [0.15, 0.2) is 6.61 Å². The Morgan fingerprint density at radius 2 is 1.96 bits per heavy atom. The number of ether oxygens (including phenoxy) is 1. The number of nitriles is 1. The zero-order valence-corrected chi connectivity index (χ0v) is 13.5. The lowest BCUT2D eigenvalue weighted by Gasteiger charge is -2.09. The predicted octanol–water partition coefficient (Wildman–Crippen LogP) is 2.47. The number of hydrogen-bond donors (Lipinski definition) is 2. The highest BCUT2D eigenvalue weighted by Crippen LogP contribution is 2.20. The maximum Gasteiger partial charge on any atom is 0.262 e. The highest BCUT2D eigenvalue weighted by Gasteiger charge is 2.23. The second-order valence-corrected chi connectivity index (χ2v) is 5.81. The third-order valence-corrected chi connectivity index (χ3v) is 3.65. The first-order valence-corrected chi connectivity index (χ1v) is 7.98. The number of nitrogens with one attached hydrogen (secondary N) is 2. The predicted molar refractivity (Wildman–Crippen MR) is 92.2 cm³/mol. The van der Waals surface area contributed by atoms with Crippen LogP contribution < -0.4 is 15.4 Å². The number of rotatable bonds is 6. The van der Waals surface area contributed by atoms with Crippen molar-refractivity contribution < 1.29 is 14.3 Å². The van der Waals surface area contributed by atoms with E-state index >= 15 is 0 Å². The summed E-state index contributed by atoms with van der Waals surface area (Å²) in [5, 5.41) is 14.4. The van der Waals surface area contributed by atoms with E-state index in [-0.39, 0.29) is 24.5 Å². The van der Waals surface area contributed by atoms with Crippen LogP contribution in [0.2, 0.25) is 0 Å². The molecule has 0 aliphatic heterocycles. The minimum Gasteiger partial charge on any atom is -0.484 e. The highest BCUT2D eigenvalue weighted by atomic mass is 16.5.